The van der Waals surface area contributed by atoms with Gasteiger partial charge in [-0.2, -0.15) is 0 Å². The Labute approximate surface area is 181 Å². The van der Waals surface area contributed by atoms with Crippen molar-refractivity contribution in [1.29, 1.82) is 0 Å². The summed E-state index contributed by atoms with van der Waals surface area (Å²) in [5, 5.41) is 6.46. The number of urea groups is 1. The summed E-state index contributed by atoms with van der Waals surface area (Å²) in [6.45, 7) is 4.26. The fourth-order valence-electron chi connectivity index (χ4n) is 4.40. The number of anilines is 1. The summed E-state index contributed by atoms with van der Waals surface area (Å²) in [7, 11) is 0. The second-order valence-electron chi connectivity index (χ2n) is 8.51. The Morgan fingerprint density at radius 1 is 1.10 bits per heavy atom. The van der Waals surface area contributed by atoms with Gasteiger partial charge in [0.15, 0.2) is 0 Å². The Hall–Kier alpha value is -2.09. The number of carbonyl (C=O) groups excluding carboxylic acids is 3. The molecular formula is C22H31N3O4S. The number of carbonyl (C=O) groups is 3. The standard InChI is InChI=1S/C22H31N3O4S/c1-2-29-21(27)18-16-5-3-4-6-17(16)30-19(18)24-22(28)23-13-14-9-11-25(12-10-14)20(26)15-7-8-15/h14-15H,2-13H2,1H3,(H2,23,24,28). The third-order valence-corrected chi connectivity index (χ3v) is 7.49. The van der Waals surface area contributed by atoms with E-state index in [0.717, 1.165) is 70.0 Å². The lowest BCUT2D eigenvalue weighted by Crippen LogP contribution is -2.42. The number of hydrogen-bond acceptors (Lipinski definition) is 5. The average molecular weight is 434 g/mol. The molecule has 3 amide bonds. The molecule has 2 aliphatic carbocycles. The minimum atomic E-state index is -0.347. The highest BCUT2D eigenvalue weighted by Crippen LogP contribution is 2.38. The van der Waals surface area contributed by atoms with Crippen molar-refractivity contribution in [3.05, 3.63) is 16.0 Å². The molecule has 0 radical (unpaired) electrons. The predicted molar refractivity (Wildman–Crippen MR) is 116 cm³/mol. The summed E-state index contributed by atoms with van der Waals surface area (Å²) >= 11 is 1.50. The highest BCUT2D eigenvalue weighted by molar-refractivity contribution is 7.17. The van der Waals surface area contributed by atoms with Gasteiger partial charge in [0.05, 0.1) is 12.2 Å². The lowest BCUT2D eigenvalue weighted by molar-refractivity contribution is -0.133. The lowest BCUT2D eigenvalue weighted by Gasteiger charge is -2.32. The van der Waals surface area contributed by atoms with Gasteiger partial charge in [-0.3, -0.25) is 10.1 Å². The highest BCUT2D eigenvalue weighted by Gasteiger charge is 2.35. The second-order valence-corrected chi connectivity index (χ2v) is 9.62. The van der Waals surface area contributed by atoms with Crippen LogP contribution in [0.2, 0.25) is 0 Å². The molecule has 0 atom stereocenters. The Morgan fingerprint density at radius 3 is 2.53 bits per heavy atom. The maximum Gasteiger partial charge on any atom is 0.341 e. The maximum atomic E-state index is 12.5. The van der Waals surface area contributed by atoms with Crippen LogP contribution in [0.15, 0.2) is 0 Å². The van der Waals surface area contributed by atoms with Gasteiger partial charge in [-0.1, -0.05) is 0 Å². The predicted octanol–water partition coefficient (Wildman–Crippen LogP) is 3.57. The molecule has 0 unspecified atom stereocenters. The number of esters is 1. The zero-order valence-electron chi connectivity index (χ0n) is 17.6. The average Bonchev–Trinajstić information content (AvgIpc) is 3.53. The molecule has 3 aliphatic rings. The number of thiophene rings is 1. The van der Waals surface area contributed by atoms with Gasteiger partial charge in [-0.15, -0.1) is 11.3 Å². The third-order valence-electron chi connectivity index (χ3n) is 6.28. The number of amides is 3. The molecule has 4 rings (SSSR count). The fraction of sp³-hybridized carbons (Fsp3) is 0.682. The Kier molecular flexibility index (Phi) is 6.61. The van der Waals surface area contributed by atoms with E-state index in [2.05, 4.69) is 10.6 Å². The number of nitrogens with zero attached hydrogens (tertiary/aromatic N) is 1. The van der Waals surface area contributed by atoms with Gasteiger partial charge in [0.1, 0.15) is 5.00 Å². The number of likely N-dealkylation sites (tertiary alicyclic amines) is 1. The van der Waals surface area contributed by atoms with Gasteiger partial charge in [-0.05, 0) is 69.8 Å². The SMILES string of the molecule is CCOC(=O)c1c(NC(=O)NCC2CCN(C(=O)C3CC3)CC2)sc2c1CCCC2. The summed E-state index contributed by atoms with van der Waals surface area (Å²) in [5.41, 5.74) is 1.59. The van der Waals surface area contributed by atoms with Crippen molar-refractivity contribution in [2.75, 3.05) is 31.6 Å². The minimum Gasteiger partial charge on any atom is -0.462 e. The Balaban J connectivity index is 1.30. The fourth-order valence-corrected chi connectivity index (χ4v) is 5.68. The second kappa shape index (κ2) is 9.37. The van der Waals surface area contributed by atoms with Crippen LogP contribution in [0.3, 0.4) is 0 Å². The molecule has 2 fully saturated rings. The third kappa shape index (κ3) is 4.79. The van der Waals surface area contributed by atoms with Crippen LogP contribution in [0, 0.1) is 11.8 Å². The first kappa shape index (κ1) is 21.2. The number of nitrogens with one attached hydrogen (secondary N) is 2. The summed E-state index contributed by atoms with van der Waals surface area (Å²) in [4.78, 5) is 40.4. The zero-order valence-corrected chi connectivity index (χ0v) is 18.4. The molecule has 1 aliphatic heterocycles. The van der Waals surface area contributed by atoms with E-state index in [9.17, 15) is 14.4 Å². The monoisotopic (exact) mass is 433 g/mol. The number of hydrogen-bond donors (Lipinski definition) is 2. The summed E-state index contributed by atoms with van der Waals surface area (Å²) < 4.78 is 5.24. The van der Waals surface area contributed by atoms with Crippen molar-refractivity contribution in [3.63, 3.8) is 0 Å². The molecule has 164 valence electrons. The molecule has 1 aromatic rings. The van der Waals surface area contributed by atoms with Crippen molar-refractivity contribution in [2.45, 2.75) is 58.3 Å². The van der Waals surface area contributed by atoms with Gasteiger partial charge in [0.25, 0.3) is 0 Å². The topological polar surface area (TPSA) is 87.7 Å². The molecule has 0 spiro atoms. The van der Waals surface area contributed by atoms with E-state index in [0.29, 0.717) is 35.5 Å². The van der Waals surface area contributed by atoms with Crippen LogP contribution in [0.5, 0.6) is 0 Å². The van der Waals surface area contributed by atoms with E-state index >= 15 is 0 Å². The van der Waals surface area contributed by atoms with E-state index < -0.39 is 0 Å². The molecule has 1 saturated heterocycles. The quantitative estimate of drug-likeness (QED) is 0.672. The van der Waals surface area contributed by atoms with Crippen LogP contribution in [0.4, 0.5) is 9.80 Å². The van der Waals surface area contributed by atoms with Crippen molar-refractivity contribution in [1.82, 2.24) is 10.2 Å². The smallest absolute Gasteiger partial charge is 0.341 e. The largest absolute Gasteiger partial charge is 0.462 e. The number of aryl methyl sites for hydroxylation is 1. The molecule has 2 heterocycles. The van der Waals surface area contributed by atoms with Gasteiger partial charge in [0, 0.05) is 30.4 Å². The number of piperidine rings is 1. The molecule has 0 bridgehead atoms. The van der Waals surface area contributed by atoms with Crippen LogP contribution in [0.1, 0.15) is 66.2 Å². The summed E-state index contributed by atoms with van der Waals surface area (Å²) in [6, 6.07) is -0.282. The summed E-state index contributed by atoms with van der Waals surface area (Å²) in [5.74, 6) is 0.614. The molecule has 1 saturated carbocycles. The van der Waals surface area contributed by atoms with Gasteiger partial charge in [0.2, 0.25) is 5.91 Å². The van der Waals surface area contributed by atoms with Crippen LogP contribution in [-0.2, 0) is 22.4 Å². The molecule has 2 N–H and O–H groups in total. The minimum absolute atomic E-state index is 0.274. The van der Waals surface area contributed by atoms with Crippen LogP contribution < -0.4 is 10.6 Å². The van der Waals surface area contributed by atoms with E-state index in [1.807, 2.05) is 4.90 Å². The number of rotatable bonds is 6. The first-order valence-corrected chi connectivity index (χ1v) is 12.0. The van der Waals surface area contributed by atoms with E-state index in [4.69, 9.17) is 4.74 Å². The van der Waals surface area contributed by atoms with Gasteiger partial charge < -0.3 is 15.0 Å². The lowest BCUT2D eigenvalue weighted by atomic mass is 9.95. The molecule has 1 aromatic heterocycles. The first-order valence-electron chi connectivity index (χ1n) is 11.2. The van der Waals surface area contributed by atoms with Crippen molar-refractivity contribution < 1.29 is 19.1 Å². The number of fused-ring (bicyclic) bond motifs is 1. The molecule has 7 nitrogen and oxygen atoms in total. The van der Waals surface area contributed by atoms with Gasteiger partial charge in [-0.25, -0.2) is 9.59 Å². The normalized spacial score (nSPS) is 19.2. The van der Waals surface area contributed by atoms with Gasteiger partial charge >= 0.3 is 12.0 Å². The van der Waals surface area contributed by atoms with E-state index in [1.165, 1.54) is 16.2 Å². The summed E-state index contributed by atoms with van der Waals surface area (Å²) in [6.07, 6.45) is 7.91. The zero-order chi connectivity index (χ0) is 21.1. The van der Waals surface area contributed by atoms with E-state index in [1.54, 1.807) is 6.92 Å². The van der Waals surface area contributed by atoms with Crippen LogP contribution in [0.25, 0.3) is 0 Å². The van der Waals surface area contributed by atoms with Crippen LogP contribution in [-0.4, -0.2) is 49.0 Å². The first-order chi connectivity index (χ1) is 14.6. The van der Waals surface area contributed by atoms with E-state index in [-0.39, 0.29) is 17.9 Å². The van der Waals surface area contributed by atoms with Crippen molar-refractivity contribution in [3.8, 4) is 0 Å². The Bertz CT molecular complexity index is 810. The molecule has 8 heteroatoms. The Morgan fingerprint density at radius 2 is 1.83 bits per heavy atom. The van der Waals surface area contributed by atoms with Crippen molar-refractivity contribution >= 4 is 34.2 Å². The van der Waals surface area contributed by atoms with Crippen LogP contribution >= 0.6 is 11.3 Å². The molecule has 30 heavy (non-hydrogen) atoms. The number of ether oxygens (including phenoxy) is 1. The maximum absolute atomic E-state index is 12.5. The highest BCUT2D eigenvalue weighted by atomic mass is 32.1. The molecular weight excluding hydrogens is 402 g/mol. The van der Waals surface area contributed by atoms with Crippen molar-refractivity contribution in [2.24, 2.45) is 11.8 Å². The molecule has 0 aromatic carbocycles.